The highest BCUT2D eigenvalue weighted by Crippen LogP contribution is 2.12. The van der Waals surface area contributed by atoms with Crippen LogP contribution in [0.15, 0.2) is 11.6 Å². The topological polar surface area (TPSA) is 66.5 Å². The molecule has 1 aliphatic rings. The molecule has 0 aromatic carbocycles. The van der Waals surface area contributed by atoms with Crippen molar-refractivity contribution >= 4 is 27.7 Å². The molecule has 0 bridgehead atoms. The van der Waals surface area contributed by atoms with Crippen LogP contribution in [0.4, 0.5) is 0 Å². The standard InChI is InChI=1S/C12H22N2O3S2/c1-3-4-11(2)12(15)13-5-10-19(16,17)14-6-8-18-9-7-14/h4H,3,5-10H2,1-2H3,(H,13,15)/b11-4-. The van der Waals surface area contributed by atoms with Crippen LogP contribution in [0.1, 0.15) is 20.3 Å². The Labute approximate surface area is 119 Å². The lowest BCUT2D eigenvalue weighted by Gasteiger charge is -2.25. The Balaban J connectivity index is 2.39. The summed E-state index contributed by atoms with van der Waals surface area (Å²) in [6, 6.07) is 0. The number of hydrogen-bond acceptors (Lipinski definition) is 4. The van der Waals surface area contributed by atoms with Crippen LogP contribution in [-0.2, 0) is 14.8 Å². The molecule has 7 heteroatoms. The molecule has 0 aliphatic carbocycles. The molecule has 0 aromatic rings. The number of carbonyl (C=O) groups excluding carboxylic acids is 1. The molecule has 19 heavy (non-hydrogen) atoms. The Morgan fingerprint density at radius 3 is 2.58 bits per heavy atom. The van der Waals surface area contributed by atoms with Gasteiger partial charge in [-0.15, -0.1) is 0 Å². The maximum atomic E-state index is 12.0. The second-order valence-corrected chi connectivity index (χ2v) is 7.69. The zero-order valence-corrected chi connectivity index (χ0v) is 13.1. The van der Waals surface area contributed by atoms with E-state index in [1.54, 1.807) is 18.7 Å². The van der Waals surface area contributed by atoms with Crippen molar-refractivity contribution in [3.05, 3.63) is 11.6 Å². The number of allylic oxidation sites excluding steroid dienone is 1. The molecule has 110 valence electrons. The molecule has 0 unspecified atom stereocenters. The van der Waals surface area contributed by atoms with E-state index in [0.717, 1.165) is 17.9 Å². The van der Waals surface area contributed by atoms with Crippen molar-refractivity contribution < 1.29 is 13.2 Å². The lowest BCUT2D eigenvalue weighted by Crippen LogP contribution is -2.42. The molecule has 1 aliphatic heterocycles. The lowest BCUT2D eigenvalue weighted by molar-refractivity contribution is -0.117. The first kappa shape index (κ1) is 16.5. The van der Waals surface area contributed by atoms with Crippen LogP contribution in [0, 0.1) is 0 Å². The highest BCUT2D eigenvalue weighted by Gasteiger charge is 2.23. The fourth-order valence-electron chi connectivity index (χ4n) is 1.79. The molecular weight excluding hydrogens is 284 g/mol. The number of carbonyl (C=O) groups is 1. The van der Waals surface area contributed by atoms with Gasteiger partial charge in [-0.1, -0.05) is 13.0 Å². The van der Waals surface area contributed by atoms with Crippen molar-refractivity contribution in [2.75, 3.05) is 36.9 Å². The molecule has 1 fully saturated rings. The summed E-state index contributed by atoms with van der Waals surface area (Å²) in [5.74, 6) is 1.49. The van der Waals surface area contributed by atoms with Crippen molar-refractivity contribution in [2.45, 2.75) is 20.3 Å². The molecule has 1 heterocycles. The van der Waals surface area contributed by atoms with Gasteiger partial charge in [0.2, 0.25) is 15.9 Å². The molecular formula is C12H22N2O3S2. The van der Waals surface area contributed by atoms with Crippen LogP contribution in [-0.4, -0.2) is 55.5 Å². The Hall–Kier alpha value is -0.530. The van der Waals surface area contributed by atoms with Crippen molar-refractivity contribution in [1.29, 1.82) is 0 Å². The van der Waals surface area contributed by atoms with Gasteiger partial charge in [0.25, 0.3) is 0 Å². The fraction of sp³-hybridized carbons (Fsp3) is 0.750. The second kappa shape index (κ2) is 7.91. The first-order chi connectivity index (χ1) is 8.97. The number of thioether (sulfide) groups is 1. The Morgan fingerprint density at radius 2 is 2.00 bits per heavy atom. The van der Waals surface area contributed by atoms with E-state index < -0.39 is 10.0 Å². The molecule has 0 atom stereocenters. The summed E-state index contributed by atoms with van der Waals surface area (Å²) in [6.45, 7) is 5.01. The van der Waals surface area contributed by atoms with E-state index in [-0.39, 0.29) is 18.2 Å². The van der Waals surface area contributed by atoms with E-state index in [4.69, 9.17) is 0 Å². The van der Waals surface area contributed by atoms with Gasteiger partial charge in [-0.3, -0.25) is 4.79 Å². The van der Waals surface area contributed by atoms with Gasteiger partial charge in [0.05, 0.1) is 5.75 Å². The first-order valence-corrected chi connectivity index (χ1v) is 9.24. The van der Waals surface area contributed by atoms with Gasteiger partial charge in [0.1, 0.15) is 0 Å². The third-order valence-electron chi connectivity index (χ3n) is 2.88. The molecule has 0 saturated carbocycles. The van der Waals surface area contributed by atoms with E-state index in [0.29, 0.717) is 18.7 Å². The SMILES string of the molecule is CC/C=C(/C)C(=O)NCCS(=O)(=O)N1CCSCC1. The molecule has 1 N–H and O–H groups in total. The summed E-state index contributed by atoms with van der Waals surface area (Å²) in [5.41, 5.74) is 0.634. The maximum absolute atomic E-state index is 12.0. The number of nitrogens with zero attached hydrogens (tertiary/aromatic N) is 1. The molecule has 5 nitrogen and oxygen atoms in total. The van der Waals surface area contributed by atoms with Gasteiger partial charge >= 0.3 is 0 Å². The smallest absolute Gasteiger partial charge is 0.246 e. The average Bonchev–Trinajstić information content (AvgIpc) is 2.39. The molecule has 1 amide bonds. The predicted octanol–water partition coefficient (Wildman–Crippen LogP) is 0.838. The van der Waals surface area contributed by atoms with Gasteiger partial charge in [0, 0.05) is 36.7 Å². The minimum atomic E-state index is -3.23. The highest BCUT2D eigenvalue weighted by atomic mass is 32.2. The largest absolute Gasteiger partial charge is 0.351 e. The number of amides is 1. The number of nitrogens with one attached hydrogen (secondary N) is 1. The summed E-state index contributed by atoms with van der Waals surface area (Å²) in [5, 5.41) is 2.64. The molecule has 0 aromatic heterocycles. The zero-order valence-electron chi connectivity index (χ0n) is 11.5. The molecule has 1 saturated heterocycles. The van der Waals surface area contributed by atoms with Crippen LogP contribution in [0.5, 0.6) is 0 Å². The minimum Gasteiger partial charge on any atom is -0.351 e. The van der Waals surface area contributed by atoms with Gasteiger partial charge in [-0.05, 0) is 13.3 Å². The quantitative estimate of drug-likeness (QED) is 0.739. The molecule has 0 radical (unpaired) electrons. The summed E-state index contributed by atoms with van der Waals surface area (Å²) >= 11 is 1.77. The van der Waals surface area contributed by atoms with Crippen molar-refractivity contribution in [3.63, 3.8) is 0 Å². The van der Waals surface area contributed by atoms with Crippen LogP contribution in [0.2, 0.25) is 0 Å². The van der Waals surface area contributed by atoms with E-state index in [2.05, 4.69) is 5.32 Å². The van der Waals surface area contributed by atoms with Gasteiger partial charge < -0.3 is 5.32 Å². The second-order valence-electron chi connectivity index (χ2n) is 4.38. The van der Waals surface area contributed by atoms with E-state index >= 15 is 0 Å². The molecule has 0 spiro atoms. The third kappa shape index (κ3) is 5.54. The summed E-state index contributed by atoms with van der Waals surface area (Å²) in [4.78, 5) is 11.6. The Bertz CT molecular complexity index is 426. The third-order valence-corrected chi connectivity index (χ3v) is 5.69. The number of sulfonamides is 1. The summed E-state index contributed by atoms with van der Waals surface area (Å²) in [7, 11) is -3.23. The Morgan fingerprint density at radius 1 is 1.37 bits per heavy atom. The number of rotatable bonds is 6. The van der Waals surface area contributed by atoms with Crippen LogP contribution in [0.3, 0.4) is 0 Å². The van der Waals surface area contributed by atoms with E-state index in [1.165, 1.54) is 4.31 Å². The normalized spacial score (nSPS) is 18.3. The first-order valence-electron chi connectivity index (χ1n) is 6.48. The fourth-order valence-corrected chi connectivity index (χ4v) is 4.28. The van der Waals surface area contributed by atoms with Gasteiger partial charge in [-0.2, -0.15) is 11.8 Å². The maximum Gasteiger partial charge on any atom is 0.246 e. The van der Waals surface area contributed by atoms with Crippen LogP contribution < -0.4 is 5.32 Å². The average molecular weight is 306 g/mol. The van der Waals surface area contributed by atoms with Crippen molar-refractivity contribution in [1.82, 2.24) is 9.62 Å². The lowest BCUT2D eigenvalue weighted by atomic mass is 10.2. The van der Waals surface area contributed by atoms with Gasteiger partial charge in [0.15, 0.2) is 0 Å². The zero-order chi connectivity index (χ0) is 14.3. The predicted molar refractivity (Wildman–Crippen MR) is 79.7 cm³/mol. The van der Waals surface area contributed by atoms with Crippen LogP contribution in [0.25, 0.3) is 0 Å². The minimum absolute atomic E-state index is 0.0250. The summed E-state index contributed by atoms with van der Waals surface area (Å²) in [6.07, 6.45) is 2.62. The van der Waals surface area contributed by atoms with Crippen molar-refractivity contribution in [3.8, 4) is 0 Å². The van der Waals surface area contributed by atoms with Gasteiger partial charge in [-0.25, -0.2) is 12.7 Å². The van der Waals surface area contributed by atoms with E-state index in [1.807, 2.05) is 13.0 Å². The van der Waals surface area contributed by atoms with Crippen LogP contribution >= 0.6 is 11.8 Å². The Kier molecular flexibility index (Phi) is 6.88. The molecule has 1 rings (SSSR count). The highest BCUT2D eigenvalue weighted by molar-refractivity contribution is 7.99. The monoisotopic (exact) mass is 306 g/mol. The number of hydrogen-bond donors (Lipinski definition) is 1. The van der Waals surface area contributed by atoms with Crippen molar-refractivity contribution in [2.24, 2.45) is 0 Å². The van der Waals surface area contributed by atoms with E-state index in [9.17, 15) is 13.2 Å². The summed E-state index contributed by atoms with van der Waals surface area (Å²) < 4.78 is 25.5.